The monoisotopic (exact) mass is 274 g/mol. The fourth-order valence-electron chi connectivity index (χ4n) is 1.84. The van der Waals surface area contributed by atoms with Crippen LogP contribution in [-0.2, 0) is 4.74 Å². The van der Waals surface area contributed by atoms with Crippen LogP contribution in [0.25, 0.3) is 0 Å². The smallest absolute Gasteiger partial charge is 0.255 e. The van der Waals surface area contributed by atoms with E-state index in [1.165, 1.54) is 0 Å². The van der Waals surface area contributed by atoms with Gasteiger partial charge in [0.2, 0.25) is 0 Å². The van der Waals surface area contributed by atoms with Crippen molar-refractivity contribution < 1.29 is 9.53 Å². The molecule has 0 spiro atoms. The van der Waals surface area contributed by atoms with Crippen LogP contribution in [0.5, 0.6) is 0 Å². The van der Waals surface area contributed by atoms with Crippen molar-refractivity contribution in [2.45, 2.75) is 19.9 Å². The Bertz CT molecular complexity index is 529. The van der Waals surface area contributed by atoms with Gasteiger partial charge >= 0.3 is 0 Å². The molecule has 1 aromatic rings. The molecule has 108 valence electrons. The summed E-state index contributed by atoms with van der Waals surface area (Å²) in [5.41, 5.74) is 7.79. The normalized spacial score (nSPS) is 11.4. The molecule has 0 saturated heterocycles. The van der Waals surface area contributed by atoms with Crippen molar-refractivity contribution in [3.8, 4) is 11.8 Å². The zero-order valence-electron chi connectivity index (χ0n) is 12.6. The Morgan fingerprint density at radius 1 is 1.50 bits per heavy atom. The van der Waals surface area contributed by atoms with Crippen LogP contribution in [-0.4, -0.2) is 44.2 Å². The van der Waals surface area contributed by atoms with Crippen molar-refractivity contribution >= 4 is 5.91 Å². The minimum atomic E-state index is -0.0594. The van der Waals surface area contributed by atoms with E-state index in [4.69, 9.17) is 10.5 Å². The third-order valence-corrected chi connectivity index (χ3v) is 3.12. The molecule has 0 aliphatic rings. The van der Waals surface area contributed by atoms with E-state index in [1.807, 2.05) is 32.0 Å². The lowest BCUT2D eigenvalue weighted by molar-refractivity contribution is 0.0633. The Kier molecular flexibility index (Phi) is 6.23. The lowest BCUT2D eigenvalue weighted by Crippen LogP contribution is -2.38. The summed E-state index contributed by atoms with van der Waals surface area (Å²) in [6, 6.07) is 5.64. The number of hydrogen-bond acceptors (Lipinski definition) is 3. The van der Waals surface area contributed by atoms with E-state index in [0.717, 1.165) is 11.1 Å². The largest absolute Gasteiger partial charge is 0.383 e. The van der Waals surface area contributed by atoms with Gasteiger partial charge in [-0.3, -0.25) is 4.79 Å². The number of nitrogens with two attached hydrogens (primary N) is 1. The van der Waals surface area contributed by atoms with E-state index in [2.05, 4.69) is 11.8 Å². The number of amides is 1. The number of hydrogen-bond donors (Lipinski definition) is 1. The molecule has 0 aliphatic heterocycles. The predicted octanol–water partition coefficient (Wildman–Crippen LogP) is 1.41. The van der Waals surface area contributed by atoms with Crippen LogP contribution >= 0.6 is 0 Å². The summed E-state index contributed by atoms with van der Waals surface area (Å²) in [5.74, 6) is 5.71. The van der Waals surface area contributed by atoms with Gasteiger partial charge in [0.1, 0.15) is 0 Å². The number of likely N-dealkylation sites (N-methyl/N-ethyl adjacent to an activating group) is 1. The number of aryl methyl sites for hydroxylation is 1. The number of benzene rings is 1. The molecule has 0 radical (unpaired) electrons. The Labute approximate surface area is 120 Å². The molecule has 0 aliphatic carbocycles. The summed E-state index contributed by atoms with van der Waals surface area (Å²) in [4.78, 5) is 14.2. The van der Waals surface area contributed by atoms with Gasteiger partial charge in [-0.1, -0.05) is 17.9 Å². The van der Waals surface area contributed by atoms with E-state index >= 15 is 0 Å². The lowest BCUT2D eigenvalue weighted by Gasteiger charge is -2.25. The summed E-state index contributed by atoms with van der Waals surface area (Å²) in [7, 11) is 3.39. The molecule has 1 unspecified atom stereocenters. The molecule has 0 fully saturated rings. The maximum Gasteiger partial charge on any atom is 0.255 e. The summed E-state index contributed by atoms with van der Waals surface area (Å²) in [6.07, 6.45) is 0. The maximum atomic E-state index is 12.5. The van der Waals surface area contributed by atoms with Gasteiger partial charge in [-0.25, -0.2) is 0 Å². The van der Waals surface area contributed by atoms with E-state index < -0.39 is 0 Å². The molecular formula is C16H22N2O2. The molecular weight excluding hydrogens is 252 g/mol. The Morgan fingerprint density at radius 3 is 2.80 bits per heavy atom. The lowest BCUT2D eigenvalue weighted by atomic mass is 10.0. The Balaban J connectivity index is 3.09. The summed E-state index contributed by atoms with van der Waals surface area (Å²) >= 11 is 0. The zero-order chi connectivity index (χ0) is 15.1. The first-order valence-corrected chi connectivity index (χ1v) is 6.57. The molecule has 4 heteroatoms. The molecule has 4 nitrogen and oxygen atoms in total. The number of carbonyl (C=O) groups is 1. The van der Waals surface area contributed by atoms with Crippen molar-refractivity contribution in [2.24, 2.45) is 5.73 Å². The Morgan fingerprint density at radius 2 is 2.20 bits per heavy atom. The van der Waals surface area contributed by atoms with E-state index in [9.17, 15) is 4.79 Å². The maximum absolute atomic E-state index is 12.5. The van der Waals surface area contributed by atoms with E-state index in [1.54, 1.807) is 19.1 Å². The second-order valence-corrected chi connectivity index (χ2v) is 4.78. The number of methoxy groups -OCH3 is 1. The van der Waals surface area contributed by atoms with E-state index in [-0.39, 0.29) is 18.5 Å². The minimum absolute atomic E-state index is 0.00382. The SMILES string of the molecule is COCC(C)N(C)C(=O)c1ccc(C)cc1C#CCN. The third-order valence-electron chi connectivity index (χ3n) is 3.12. The number of rotatable bonds is 4. The van der Waals surface area contributed by atoms with Crippen LogP contribution in [0.3, 0.4) is 0 Å². The molecule has 2 N–H and O–H groups in total. The highest BCUT2D eigenvalue weighted by atomic mass is 16.5. The van der Waals surface area contributed by atoms with Crippen molar-refractivity contribution in [1.82, 2.24) is 4.90 Å². The fraction of sp³-hybridized carbons (Fsp3) is 0.438. The van der Waals surface area contributed by atoms with Gasteiger partial charge in [-0.15, -0.1) is 0 Å². The molecule has 0 saturated carbocycles. The van der Waals surface area contributed by atoms with Gasteiger partial charge in [0, 0.05) is 19.7 Å². The van der Waals surface area contributed by atoms with Crippen LogP contribution in [0.4, 0.5) is 0 Å². The van der Waals surface area contributed by atoms with Crippen LogP contribution in [0.2, 0.25) is 0 Å². The first-order chi connectivity index (χ1) is 9.51. The van der Waals surface area contributed by atoms with Crippen LogP contribution in [0.15, 0.2) is 18.2 Å². The first kappa shape index (κ1) is 16.2. The summed E-state index contributed by atoms with van der Waals surface area (Å²) in [5, 5.41) is 0. The molecule has 1 rings (SSSR count). The molecule has 0 aromatic heterocycles. The fourth-order valence-corrected chi connectivity index (χ4v) is 1.84. The van der Waals surface area contributed by atoms with Crippen LogP contribution in [0.1, 0.15) is 28.4 Å². The van der Waals surface area contributed by atoms with Gasteiger partial charge in [-0.2, -0.15) is 0 Å². The van der Waals surface area contributed by atoms with Gasteiger partial charge < -0.3 is 15.4 Å². The molecule has 1 amide bonds. The van der Waals surface area contributed by atoms with Crippen LogP contribution in [0, 0.1) is 18.8 Å². The highest BCUT2D eigenvalue weighted by molar-refractivity contribution is 5.96. The molecule has 0 bridgehead atoms. The Hall–Kier alpha value is -1.83. The quantitative estimate of drug-likeness (QED) is 0.845. The zero-order valence-corrected chi connectivity index (χ0v) is 12.6. The average molecular weight is 274 g/mol. The van der Waals surface area contributed by atoms with Crippen molar-refractivity contribution in [3.05, 3.63) is 34.9 Å². The molecule has 20 heavy (non-hydrogen) atoms. The predicted molar refractivity (Wildman–Crippen MR) is 80.5 cm³/mol. The van der Waals surface area contributed by atoms with E-state index in [0.29, 0.717) is 12.2 Å². The number of carbonyl (C=O) groups excluding carboxylic acids is 1. The molecule has 0 heterocycles. The van der Waals surface area contributed by atoms with Gasteiger partial charge in [0.25, 0.3) is 5.91 Å². The van der Waals surface area contributed by atoms with Crippen LogP contribution < -0.4 is 5.73 Å². The number of ether oxygens (including phenoxy) is 1. The minimum Gasteiger partial charge on any atom is -0.383 e. The summed E-state index contributed by atoms with van der Waals surface area (Å²) in [6.45, 7) is 4.69. The van der Waals surface area contributed by atoms with Gasteiger partial charge in [0.05, 0.1) is 24.8 Å². The second-order valence-electron chi connectivity index (χ2n) is 4.78. The van der Waals surface area contributed by atoms with Crippen molar-refractivity contribution in [1.29, 1.82) is 0 Å². The highest BCUT2D eigenvalue weighted by Crippen LogP contribution is 2.14. The molecule has 1 aromatic carbocycles. The highest BCUT2D eigenvalue weighted by Gasteiger charge is 2.19. The van der Waals surface area contributed by atoms with Gasteiger partial charge in [-0.05, 0) is 31.5 Å². The topological polar surface area (TPSA) is 55.6 Å². The molecule has 1 atom stereocenters. The van der Waals surface area contributed by atoms with Crippen molar-refractivity contribution in [3.63, 3.8) is 0 Å². The second kappa shape index (κ2) is 7.68. The number of nitrogens with zero attached hydrogens (tertiary/aromatic N) is 1. The average Bonchev–Trinajstić information content (AvgIpc) is 2.44. The van der Waals surface area contributed by atoms with Crippen molar-refractivity contribution in [2.75, 3.05) is 27.3 Å². The van der Waals surface area contributed by atoms with Gasteiger partial charge in [0.15, 0.2) is 0 Å². The third kappa shape index (κ3) is 4.09. The standard InChI is InChI=1S/C16H22N2O2/c1-12-7-8-15(14(10-12)6-5-9-17)16(19)18(3)13(2)11-20-4/h7-8,10,13H,9,11,17H2,1-4H3. The first-order valence-electron chi connectivity index (χ1n) is 6.57. The summed E-state index contributed by atoms with van der Waals surface area (Å²) < 4.78 is 5.09.